The van der Waals surface area contributed by atoms with Gasteiger partial charge in [-0.1, -0.05) is 28.8 Å². The molecule has 4 heteroatoms. The third-order valence-electron chi connectivity index (χ3n) is 3.48. The summed E-state index contributed by atoms with van der Waals surface area (Å²) < 4.78 is 11.7. The molecule has 3 nitrogen and oxygen atoms in total. The molecule has 0 radical (unpaired) electrons. The number of hydrogen-bond donors (Lipinski definition) is 1. The first-order valence-corrected chi connectivity index (χ1v) is 6.61. The molecule has 0 amide bonds. The first kappa shape index (κ1) is 12.7. The Balaban J connectivity index is 2.52. The lowest BCUT2D eigenvalue weighted by Crippen LogP contribution is -2.34. The molecule has 0 heterocycles. The Bertz CT molecular complexity index is 414. The minimum absolute atomic E-state index is 0.267. The van der Waals surface area contributed by atoms with Gasteiger partial charge in [-0.3, -0.25) is 0 Å². The number of nitrogens with two attached hydrogens (primary N) is 1. The van der Waals surface area contributed by atoms with E-state index in [2.05, 4.69) is 15.9 Å². The summed E-state index contributed by atoms with van der Waals surface area (Å²) in [5, 5.41) is 0. The van der Waals surface area contributed by atoms with E-state index >= 15 is 0 Å². The fraction of sp³-hybridized carbons (Fsp3) is 0.538. The maximum absolute atomic E-state index is 6.50. The molecule has 0 atom stereocenters. The quantitative estimate of drug-likeness (QED) is 0.932. The molecule has 1 aromatic rings. The molecule has 0 saturated heterocycles. The molecule has 0 aromatic heterocycles. The van der Waals surface area contributed by atoms with Gasteiger partial charge in [0.25, 0.3) is 0 Å². The van der Waals surface area contributed by atoms with Crippen molar-refractivity contribution in [2.24, 2.45) is 5.73 Å². The average Bonchev–Trinajstić information content (AvgIpc) is 2.75. The van der Waals surface area contributed by atoms with E-state index < -0.39 is 0 Å². The summed E-state index contributed by atoms with van der Waals surface area (Å²) in [6.07, 6.45) is 4.37. The van der Waals surface area contributed by atoms with Crippen LogP contribution in [0.3, 0.4) is 0 Å². The van der Waals surface area contributed by atoms with Crippen molar-refractivity contribution in [3.05, 3.63) is 22.2 Å². The maximum atomic E-state index is 6.50. The molecule has 94 valence electrons. The van der Waals surface area contributed by atoms with Crippen LogP contribution in [0.25, 0.3) is 0 Å². The summed E-state index contributed by atoms with van der Waals surface area (Å²) in [5.41, 5.74) is 7.30. The van der Waals surface area contributed by atoms with Gasteiger partial charge in [-0.15, -0.1) is 0 Å². The van der Waals surface area contributed by atoms with Crippen LogP contribution in [0.4, 0.5) is 0 Å². The van der Waals surface area contributed by atoms with Gasteiger partial charge in [-0.2, -0.15) is 0 Å². The van der Waals surface area contributed by atoms with Crippen molar-refractivity contribution in [2.75, 3.05) is 14.2 Å². The van der Waals surface area contributed by atoms with E-state index in [1.54, 1.807) is 14.2 Å². The van der Waals surface area contributed by atoms with Gasteiger partial charge >= 0.3 is 0 Å². The van der Waals surface area contributed by atoms with Crippen molar-refractivity contribution in [3.8, 4) is 11.5 Å². The van der Waals surface area contributed by atoms with Gasteiger partial charge in [-0.25, -0.2) is 0 Å². The molecule has 1 aliphatic carbocycles. The highest BCUT2D eigenvalue weighted by molar-refractivity contribution is 9.10. The molecule has 2 N–H and O–H groups in total. The fourth-order valence-corrected chi connectivity index (χ4v) is 3.39. The second kappa shape index (κ2) is 4.86. The third-order valence-corrected chi connectivity index (χ3v) is 4.10. The summed E-state index contributed by atoms with van der Waals surface area (Å²) >= 11 is 3.58. The number of halogens is 1. The minimum Gasteiger partial charge on any atom is -0.497 e. The van der Waals surface area contributed by atoms with Crippen molar-refractivity contribution in [2.45, 2.75) is 31.2 Å². The zero-order chi connectivity index (χ0) is 12.5. The SMILES string of the molecule is COc1cc(Br)c(C2(N)CCCC2)c(OC)c1. The fourth-order valence-electron chi connectivity index (χ4n) is 2.58. The van der Waals surface area contributed by atoms with Gasteiger partial charge in [0, 0.05) is 21.6 Å². The van der Waals surface area contributed by atoms with E-state index in [4.69, 9.17) is 15.2 Å². The summed E-state index contributed by atoms with van der Waals surface area (Å²) in [6.45, 7) is 0. The van der Waals surface area contributed by atoms with Crippen molar-refractivity contribution >= 4 is 15.9 Å². The molecule has 0 unspecified atom stereocenters. The highest BCUT2D eigenvalue weighted by Crippen LogP contribution is 2.45. The lowest BCUT2D eigenvalue weighted by molar-refractivity contribution is 0.368. The van der Waals surface area contributed by atoms with E-state index in [1.165, 1.54) is 12.8 Å². The van der Waals surface area contributed by atoms with Gasteiger partial charge in [0.2, 0.25) is 0 Å². The van der Waals surface area contributed by atoms with Crippen LogP contribution < -0.4 is 15.2 Å². The Morgan fingerprint density at radius 3 is 2.35 bits per heavy atom. The average molecular weight is 300 g/mol. The highest BCUT2D eigenvalue weighted by atomic mass is 79.9. The summed E-state index contributed by atoms with van der Waals surface area (Å²) in [6, 6.07) is 3.85. The number of hydrogen-bond acceptors (Lipinski definition) is 3. The van der Waals surface area contributed by atoms with Crippen molar-refractivity contribution in [1.29, 1.82) is 0 Å². The minimum atomic E-state index is -0.267. The summed E-state index contributed by atoms with van der Waals surface area (Å²) in [5.74, 6) is 1.58. The Morgan fingerprint density at radius 2 is 1.82 bits per heavy atom. The van der Waals surface area contributed by atoms with E-state index in [9.17, 15) is 0 Å². The maximum Gasteiger partial charge on any atom is 0.128 e. The van der Waals surface area contributed by atoms with E-state index in [1.807, 2.05) is 12.1 Å². The summed E-state index contributed by atoms with van der Waals surface area (Å²) in [4.78, 5) is 0. The molecular weight excluding hydrogens is 282 g/mol. The second-order valence-corrected chi connectivity index (χ2v) is 5.40. The molecular formula is C13H18BrNO2. The molecule has 1 fully saturated rings. The molecule has 17 heavy (non-hydrogen) atoms. The normalized spacial score (nSPS) is 18.1. The van der Waals surface area contributed by atoms with Crippen LogP contribution in [0.2, 0.25) is 0 Å². The van der Waals surface area contributed by atoms with Crippen molar-refractivity contribution in [1.82, 2.24) is 0 Å². The van der Waals surface area contributed by atoms with E-state index in [-0.39, 0.29) is 5.54 Å². The van der Waals surface area contributed by atoms with Gasteiger partial charge in [0.05, 0.1) is 14.2 Å². The third kappa shape index (κ3) is 2.29. The van der Waals surface area contributed by atoms with Crippen LogP contribution in [0.1, 0.15) is 31.2 Å². The first-order valence-electron chi connectivity index (χ1n) is 5.81. The van der Waals surface area contributed by atoms with Crippen LogP contribution in [0.15, 0.2) is 16.6 Å². The predicted octanol–water partition coefficient (Wildman–Crippen LogP) is 3.19. The summed E-state index contributed by atoms with van der Waals surface area (Å²) in [7, 11) is 3.32. The smallest absolute Gasteiger partial charge is 0.128 e. The van der Waals surface area contributed by atoms with Crippen LogP contribution >= 0.6 is 15.9 Å². The molecule has 1 saturated carbocycles. The molecule has 0 bridgehead atoms. The number of methoxy groups -OCH3 is 2. The number of benzene rings is 1. The topological polar surface area (TPSA) is 44.5 Å². The molecule has 0 aliphatic heterocycles. The Labute approximate surface area is 110 Å². The van der Waals surface area contributed by atoms with Gasteiger partial charge in [-0.05, 0) is 18.9 Å². The Hall–Kier alpha value is -0.740. The van der Waals surface area contributed by atoms with Crippen molar-refractivity contribution < 1.29 is 9.47 Å². The van der Waals surface area contributed by atoms with Crippen molar-refractivity contribution in [3.63, 3.8) is 0 Å². The van der Waals surface area contributed by atoms with Crippen LogP contribution in [-0.4, -0.2) is 14.2 Å². The zero-order valence-electron chi connectivity index (χ0n) is 10.3. The molecule has 2 rings (SSSR count). The standard InChI is InChI=1S/C13H18BrNO2/c1-16-9-7-10(14)12(11(8-9)17-2)13(15)5-3-4-6-13/h7-8H,3-6,15H2,1-2H3. The highest BCUT2D eigenvalue weighted by Gasteiger charge is 2.35. The number of rotatable bonds is 3. The van der Waals surface area contributed by atoms with Gasteiger partial charge in [0.15, 0.2) is 0 Å². The Kier molecular flexibility index (Phi) is 3.64. The van der Waals surface area contributed by atoms with E-state index in [0.29, 0.717) is 0 Å². The predicted molar refractivity (Wildman–Crippen MR) is 71.6 cm³/mol. The first-order chi connectivity index (χ1) is 8.10. The van der Waals surface area contributed by atoms with Gasteiger partial charge < -0.3 is 15.2 Å². The Morgan fingerprint density at radius 1 is 1.18 bits per heavy atom. The van der Waals surface area contributed by atoms with E-state index in [0.717, 1.165) is 34.4 Å². The molecule has 1 aromatic carbocycles. The second-order valence-electron chi connectivity index (χ2n) is 4.55. The number of ether oxygens (including phenoxy) is 2. The lowest BCUT2D eigenvalue weighted by atomic mass is 9.88. The van der Waals surface area contributed by atoms with Crippen LogP contribution in [0, 0.1) is 0 Å². The van der Waals surface area contributed by atoms with Crippen LogP contribution in [0.5, 0.6) is 11.5 Å². The monoisotopic (exact) mass is 299 g/mol. The van der Waals surface area contributed by atoms with Gasteiger partial charge in [0.1, 0.15) is 11.5 Å². The molecule has 0 spiro atoms. The van der Waals surface area contributed by atoms with Crippen LogP contribution in [-0.2, 0) is 5.54 Å². The lowest BCUT2D eigenvalue weighted by Gasteiger charge is -2.28. The zero-order valence-corrected chi connectivity index (χ0v) is 11.8. The largest absolute Gasteiger partial charge is 0.497 e. The molecule has 1 aliphatic rings.